The average Bonchev–Trinajstić information content (AvgIpc) is 1.93. The fraction of sp³-hybridized carbons (Fsp3) is 0.800. The summed E-state index contributed by atoms with van der Waals surface area (Å²) in [4.78, 5) is 8.00. The SMILES string of the molecule is C=O.NCCC(O)CN. The summed E-state index contributed by atoms with van der Waals surface area (Å²) >= 11 is 0. The first-order valence-corrected chi connectivity index (χ1v) is 2.68. The molecule has 5 N–H and O–H groups in total. The van der Waals surface area contributed by atoms with E-state index >= 15 is 0 Å². The van der Waals surface area contributed by atoms with Gasteiger partial charge in [-0.1, -0.05) is 0 Å². The Morgan fingerprint density at radius 3 is 2.00 bits per heavy atom. The van der Waals surface area contributed by atoms with Crippen molar-refractivity contribution in [1.82, 2.24) is 0 Å². The van der Waals surface area contributed by atoms with E-state index < -0.39 is 6.10 Å². The van der Waals surface area contributed by atoms with Crippen LogP contribution in [-0.2, 0) is 4.79 Å². The van der Waals surface area contributed by atoms with Crippen molar-refractivity contribution in [2.45, 2.75) is 12.5 Å². The number of carbonyl (C=O) groups is 1. The van der Waals surface area contributed by atoms with E-state index in [1.807, 2.05) is 6.79 Å². The van der Waals surface area contributed by atoms with Crippen molar-refractivity contribution in [3.8, 4) is 0 Å². The third kappa shape index (κ3) is 11.2. The van der Waals surface area contributed by atoms with E-state index in [0.717, 1.165) is 0 Å². The third-order valence-corrected chi connectivity index (χ3v) is 0.772. The van der Waals surface area contributed by atoms with E-state index in [1.165, 1.54) is 0 Å². The van der Waals surface area contributed by atoms with E-state index in [9.17, 15) is 0 Å². The Labute approximate surface area is 54.8 Å². The van der Waals surface area contributed by atoms with Crippen LogP contribution in [0.15, 0.2) is 0 Å². The molecule has 0 heterocycles. The van der Waals surface area contributed by atoms with Crippen LogP contribution in [0, 0.1) is 0 Å². The Bertz CT molecular complexity index is 52.2. The van der Waals surface area contributed by atoms with E-state index in [4.69, 9.17) is 21.4 Å². The largest absolute Gasteiger partial charge is 0.392 e. The average molecular weight is 134 g/mol. The van der Waals surface area contributed by atoms with Gasteiger partial charge in [0.05, 0.1) is 6.10 Å². The van der Waals surface area contributed by atoms with Gasteiger partial charge < -0.3 is 21.4 Å². The molecule has 0 bridgehead atoms. The topological polar surface area (TPSA) is 89.3 Å². The summed E-state index contributed by atoms with van der Waals surface area (Å²) in [7, 11) is 0. The van der Waals surface area contributed by atoms with Crippen LogP contribution in [0.3, 0.4) is 0 Å². The minimum Gasteiger partial charge on any atom is -0.392 e. The number of hydrogen-bond acceptors (Lipinski definition) is 4. The van der Waals surface area contributed by atoms with Gasteiger partial charge in [0.2, 0.25) is 0 Å². The van der Waals surface area contributed by atoms with Crippen LogP contribution in [0.2, 0.25) is 0 Å². The highest BCUT2D eigenvalue weighted by Gasteiger charge is 1.95. The summed E-state index contributed by atoms with van der Waals surface area (Å²) < 4.78 is 0. The van der Waals surface area contributed by atoms with Crippen molar-refractivity contribution in [2.24, 2.45) is 11.5 Å². The lowest BCUT2D eigenvalue weighted by Crippen LogP contribution is -2.22. The van der Waals surface area contributed by atoms with E-state index in [-0.39, 0.29) is 0 Å². The number of aliphatic hydroxyl groups excluding tert-OH is 1. The maximum Gasteiger partial charge on any atom is 0.106 e. The summed E-state index contributed by atoms with van der Waals surface area (Å²) in [6.45, 7) is 2.83. The molecule has 0 aromatic rings. The van der Waals surface area contributed by atoms with Gasteiger partial charge in [0.25, 0.3) is 0 Å². The first-order valence-electron chi connectivity index (χ1n) is 2.68. The van der Waals surface area contributed by atoms with Gasteiger partial charge in [-0.05, 0) is 13.0 Å². The molecular formula is C5H14N2O2. The van der Waals surface area contributed by atoms with Crippen molar-refractivity contribution in [2.75, 3.05) is 13.1 Å². The minimum atomic E-state index is -0.398. The molecule has 0 aliphatic carbocycles. The molecule has 0 radical (unpaired) electrons. The van der Waals surface area contributed by atoms with Crippen LogP contribution >= 0.6 is 0 Å². The van der Waals surface area contributed by atoms with Crippen molar-refractivity contribution in [3.05, 3.63) is 0 Å². The second-order valence-electron chi connectivity index (χ2n) is 1.47. The predicted octanol–water partition coefficient (Wildman–Crippen LogP) is -1.53. The van der Waals surface area contributed by atoms with Crippen molar-refractivity contribution in [3.63, 3.8) is 0 Å². The maximum absolute atomic E-state index is 8.65. The van der Waals surface area contributed by atoms with Gasteiger partial charge in [0.1, 0.15) is 6.79 Å². The summed E-state index contributed by atoms with van der Waals surface area (Å²) in [5.41, 5.74) is 10.1. The Morgan fingerprint density at radius 2 is 1.89 bits per heavy atom. The Kier molecular flexibility index (Phi) is 13.3. The predicted molar refractivity (Wildman–Crippen MR) is 35.9 cm³/mol. The molecule has 4 nitrogen and oxygen atoms in total. The van der Waals surface area contributed by atoms with Crippen LogP contribution < -0.4 is 11.5 Å². The number of carbonyl (C=O) groups excluding carboxylic acids is 1. The lowest BCUT2D eigenvalue weighted by atomic mass is 10.3. The van der Waals surface area contributed by atoms with Crippen molar-refractivity contribution in [1.29, 1.82) is 0 Å². The fourth-order valence-corrected chi connectivity index (χ4v) is 0.310. The molecule has 0 saturated carbocycles. The summed E-state index contributed by atoms with van der Waals surface area (Å²) in [6.07, 6.45) is 0.209. The number of nitrogens with two attached hydrogens (primary N) is 2. The highest BCUT2D eigenvalue weighted by Crippen LogP contribution is 1.81. The molecule has 0 aliphatic rings. The standard InChI is InChI=1S/C4H12N2O.CH2O/c5-2-1-4(7)3-6;1-2/h4,7H,1-3,5-6H2;1H2. The third-order valence-electron chi connectivity index (χ3n) is 0.772. The lowest BCUT2D eigenvalue weighted by molar-refractivity contribution is -0.0979. The molecule has 0 aromatic carbocycles. The molecule has 1 atom stereocenters. The molecule has 0 aromatic heterocycles. The zero-order valence-corrected chi connectivity index (χ0v) is 5.42. The molecule has 0 rings (SSSR count). The molecule has 1 unspecified atom stereocenters. The summed E-state index contributed by atoms with van der Waals surface area (Å²) in [5, 5.41) is 8.65. The van der Waals surface area contributed by atoms with Gasteiger partial charge >= 0.3 is 0 Å². The highest BCUT2D eigenvalue weighted by molar-refractivity contribution is 5.10. The Balaban J connectivity index is 0. The van der Waals surface area contributed by atoms with Crippen molar-refractivity contribution >= 4 is 6.79 Å². The molecule has 0 amide bonds. The molecule has 0 fully saturated rings. The highest BCUT2D eigenvalue weighted by atomic mass is 16.3. The Hall–Kier alpha value is -0.450. The smallest absolute Gasteiger partial charge is 0.106 e. The molecule has 0 saturated heterocycles. The van der Waals surface area contributed by atoms with Gasteiger partial charge in [-0.15, -0.1) is 0 Å². The molecule has 4 heteroatoms. The van der Waals surface area contributed by atoms with Crippen LogP contribution in [0.1, 0.15) is 6.42 Å². The van der Waals surface area contributed by atoms with E-state index in [0.29, 0.717) is 19.5 Å². The number of rotatable bonds is 3. The van der Waals surface area contributed by atoms with E-state index in [1.54, 1.807) is 0 Å². The first kappa shape index (κ1) is 11.4. The normalized spacial score (nSPS) is 11.4. The van der Waals surface area contributed by atoms with Gasteiger partial charge in [-0.3, -0.25) is 0 Å². The van der Waals surface area contributed by atoms with Gasteiger partial charge in [-0.25, -0.2) is 0 Å². The lowest BCUT2D eigenvalue weighted by Gasteiger charge is -2.01. The van der Waals surface area contributed by atoms with Crippen LogP contribution in [0.4, 0.5) is 0 Å². The van der Waals surface area contributed by atoms with Crippen LogP contribution in [-0.4, -0.2) is 31.1 Å². The maximum atomic E-state index is 8.65. The van der Waals surface area contributed by atoms with Gasteiger partial charge in [0.15, 0.2) is 0 Å². The number of aliphatic hydroxyl groups is 1. The van der Waals surface area contributed by atoms with Crippen LogP contribution in [0.5, 0.6) is 0 Å². The molecule has 56 valence electrons. The molecule has 0 aliphatic heterocycles. The zero-order chi connectivity index (χ0) is 7.70. The molecule has 9 heavy (non-hydrogen) atoms. The summed E-state index contributed by atoms with van der Waals surface area (Å²) in [6, 6.07) is 0. The summed E-state index contributed by atoms with van der Waals surface area (Å²) in [5.74, 6) is 0. The van der Waals surface area contributed by atoms with E-state index in [2.05, 4.69) is 0 Å². The Morgan fingerprint density at radius 1 is 1.44 bits per heavy atom. The zero-order valence-electron chi connectivity index (χ0n) is 5.42. The molecular weight excluding hydrogens is 120 g/mol. The number of hydrogen-bond donors (Lipinski definition) is 3. The van der Waals surface area contributed by atoms with Crippen LogP contribution in [0.25, 0.3) is 0 Å². The van der Waals surface area contributed by atoms with Crippen molar-refractivity contribution < 1.29 is 9.90 Å². The minimum absolute atomic E-state index is 0.317. The first-order chi connectivity index (χ1) is 4.31. The fourth-order valence-electron chi connectivity index (χ4n) is 0.310. The monoisotopic (exact) mass is 134 g/mol. The van der Waals surface area contributed by atoms with Gasteiger partial charge in [-0.2, -0.15) is 0 Å². The van der Waals surface area contributed by atoms with Gasteiger partial charge in [0, 0.05) is 6.54 Å². The second kappa shape index (κ2) is 10.5. The molecule has 0 spiro atoms. The second-order valence-corrected chi connectivity index (χ2v) is 1.47. The quantitative estimate of drug-likeness (QED) is 0.437.